The number of hydrogen-bond donors (Lipinski definition) is 2. The van der Waals surface area contributed by atoms with Crippen LogP contribution >= 0.6 is 12.2 Å². The van der Waals surface area contributed by atoms with Gasteiger partial charge in [-0.1, -0.05) is 12.2 Å². The highest BCUT2D eigenvalue weighted by molar-refractivity contribution is 7.80. The van der Waals surface area contributed by atoms with E-state index in [-0.39, 0.29) is 10.5 Å². The molecular weight excluding hydrogens is 174 g/mol. The Labute approximate surface area is 74.8 Å². The van der Waals surface area contributed by atoms with Crippen LogP contribution in [0.2, 0.25) is 0 Å². The van der Waals surface area contributed by atoms with Crippen LogP contribution in [0.25, 0.3) is 0 Å². The average Bonchev–Trinajstić information content (AvgIpc) is 1.97. The van der Waals surface area contributed by atoms with Crippen molar-refractivity contribution in [2.24, 2.45) is 5.73 Å². The molecule has 0 saturated heterocycles. The van der Waals surface area contributed by atoms with Crippen molar-refractivity contribution in [1.82, 2.24) is 10.2 Å². The van der Waals surface area contributed by atoms with Gasteiger partial charge in [0.1, 0.15) is 4.99 Å². The molecule has 0 aromatic carbocycles. The van der Waals surface area contributed by atoms with Gasteiger partial charge in [0.2, 0.25) is 0 Å². The first-order valence-electron chi connectivity index (χ1n) is 3.39. The Kier molecular flexibility index (Phi) is 2.23. The van der Waals surface area contributed by atoms with Crippen molar-refractivity contribution in [2.45, 2.75) is 13.8 Å². The molecule has 1 heterocycles. The molecule has 0 spiro atoms. The van der Waals surface area contributed by atoms with Gasteiger partial charge in [-0.3, -0.25) is 4.79 Å². The van der Waals surface area contributed by atoms with Crippen LogP contribution in [0.4, 0.5) is 0 Å². The molecule has 1 aromatic rings. The standard InChI is InChI=1S/C7H9N3OS/c1-3-4(2)9-10-7(11)5(3)6(8)12/h1-2H3,(H2,8,12)(H,10,11). The van der Waals surface area contributed by atoms with Gasteiger partial charge in [0.25, 0.3) is 5.56 Å². The molecule has 1 aromatic heterocycles. The van der Waals surface area contributed by atoms with E-state index in [4.69, 9.17) is 18.0 Å². The second-order valence-electron chi connectivity index (χ2n) is 2.50. The molecule has 64 valence electrons. The Morgan fingerprint density at radius 3 is 2.58 bits per heavy atom. The predicted octanol–water partition coefficient (Wildman–Crippen LogP) is 0.0209. The van der Waals surface area contributed by atoms with Gasteiger partial charge in [0.05, 0.1) is 11.3 Å². The number of thiocarbonyl (C=S) groups is 1. The topological polar surface area (TPSA) is 71.8 Å². The molecule has 0 fully saturated rings. The van der Waals surface area contributed by atoms with Crippen molar-refractivity contribution in [2.75, 3.05) is 0 Å². The van der Waals surface area contributed by atoms with Crippen LogP contribution in [0.5, 0.6) is 0 Å². The van der Waals surface area contributed by atoms with E-state index in [0.29, 0.717) is 5.56 Å². The first kappa shape index (κ1) is 8.86. The molecule has 0 aliphatic rings. The minimum absolute atomic E-state index is 0.110. The molecule has 0 unspecified atom stereocenters. The Balaban J connectivity index is 3.54. The quantitative estimate of drug-likeness (QED) is 0.602. The highest BCUT2D eigenvalue weighted by Crippen LogP contribution is 2.03. The molecule has 0 radical (unpaired) electrons. The van der Waals surface area contributed by atoms with E-state index in [2.05, 4.69) is 10.2 Å². The Morgan fingerprint density at radius 1 is 1.58 bits per heavy atom. The number of aromatic amines is 1. The zero-order chi connectivity index (χ0) is 9.30. The van der Waals surface area contributed by atoms with Crippen molar-refractivity contribution in [3.8, 4) is 0 Å². The summed E-state index contributed by atoms with van der Waals surface area (Å²) >= 11 is 4.73. The maximum Gasteiger partial charge on any atom is 0.274 e. The lowest BCUT2D eigenvalue weighted by Crippen LogP contribution is -2.25. The molecule has 3 N–H and O–H groups in total. The number of aryl methyl sites for hydroxylation is 1. The van der Waals surface area contributed by atoms with Crippen molar-refractivity contribution < 1.29 is 0 Å². The summed E-state index contributed by atoms with van der Waals surface area (Å²) in [6.07, 6.45) is 0. The van der Waals surface area contributed by atoms with E-state index in [1.54, 1.807) is 13.8 Å². The Bertz CT molecular complexity index is 383. The minimum Gasteiger partial charge on any atom is -0.389 e. The van der Waals surface area contributed by atoms with E-state index < -0.39 is 0 Å². The van der Waals surface area contributed by atoms with E-state index in [0.717, 1.165) is 11.3 Å². The van der Waals surface area contributed by atoms with Crippen molar-refractivity contribution in [3.05, 3.63) is 27.2 Å². The number of aromatic nitrogens is 2. The monoisotopic (exact) mass is 183 g/mol. The van der Waals surface area contributed by atoms with Gasteiger partial charge in [-0.25, -0.2) is 5.10 Å². The van der Waals surface area contributed by atoms with E-state index in [1.165, 1.54) is 0 Å². The molecule has 0 atom stereocenters. The van der Waals surface area contributed by atoms with Gasteiger partial charge in [-0.15, -0.1) is 0 Å². The largest absolute Gasteiger partial charge is 0.389 e. The van der Waals surface area contributed by atoms with E-state index in [1.807, 2.05) is 0 Å². The van der Waals surface area contributed by atoms with Gasteiger partial charge >= 0.3 is 0 Å². The Morgan fingerprint density at radius 2 is 2.17 bits per heavy atom. The fourth-order valence-electron chi connectivity index (χ4n) is 0.922. The van der Waals surface area contributed by atoms with Crippen LogP contribution in [0.15, 0.2) is 4.79 Å². The SMILES string of the molecule is Cc1n[nH]c(=O)c(C(N)=S)c1C. The lowest BCUT2D eigenvalue weighted by Gasteiger charge is -2.03. The van der Waals surface area contributed by atoms with Crippen LogP contribution in [0.3, 0.4) is 0 Å². The van der Waals surface area contributed by atoms with Crippen molar-refractivity contribution in [3.63, 3.8) is 0 Å². The van der Waals surface area contributed by atoms with Crippen molar-refractivity contribution >= 4 is 17.2 Å². The van der Waals surface area contributed by atoms with Crippen molar-refractivity contribution in [1.29, 1.82) is 0 Å². The molecule has 5 heteroatoms. The fraction of sp³-hybridized carbons (Fsp3) is 0.286. The van der Waals surface area contributed by atoms with E-state index >= 15 is 0 Å². The molecular formula is C7H9N3OS. The number of hydrogen-bond acceptors (Lipinski definition) is 3. The van der Waals surface area contributed by atoms with Gasteiger partial charge in [0.15, 0.2) is 0 Å². The summed E-state index contributed by atoms with van der Waals surface area (Å²) in [5.74, 6) is 0. The summed E-state index contributed by atoms with van der Waals surface area (Å²) in [6.45, 7) is 3.55. The van der Waals surface area contributed by atoms with E-state index in [9.17, 15) is 4.79 Å². The first-order chi connectivity index (χ1) is 5.54. The third-order valence-electron chi connectivity index (χ3n) is 1.72. The van der Waals surface area contributed by atoms with Crippen LogP contribution in [0, 0.1) is 13.8 Å². The third-order valence-corrected chi connectivity index (χ3v) is 1.92. The van der Waals surface area contributed by atoms with Crippen LogP contribution in [0.1, 0.15) is 16.8 Å². The summed E-state index contributed by atoms with van der Waals surface area (Å²) in [5, 5.41) is 6.09. The number of nitrogens with two attached hydrogens (primary N) is 1. The second-order valence-corrected chi connectivity index (χ2v) is 2.94. The van der Waals surface area contributed by atoms with Gasteiger partial charge < -0.3 is 5.73 Å². The molecule has 0 bridgehead atoms. The predicted molar refractivity (Wildman–Crippen MR) is 50.2 cm³/mol. The lowest BCUT2D eigenvalue weighted by molar-refractivity contribution is 0.924. The lowest BCUT2D eigenvalue weighted by atomic mass is 10.1. The molecule has 12 heavy (non-hydrogen) atoms. The number of H-pyrrole nitrogens is 1. The summed E-state index contributed by atoms with van der Waals surface area (Å²) in [5.41, 5.74) is 6.87. The summed E-state index contributed by atoms with van der Waals surface area (Å²) in [4.78, 5) is 11.3. The molecule has 0 amide bonds. The number of nitrogens with zero attached hydrogens (tertiary/aromatic N) is 1. The highest BCUT2D eigenvalue weighted by atomic mass is 32.1. The first-order valence-corrected chi connectivity index (χ1v) is 3.80. The van der Waals surface area contributed by atoms with Crippen LogP contribution < -0.4 is 11.3 Å². The second kappa shape index (κ2) is 3.02. The minimum atomic E-state index is -0.328. The fourth-order valence-corrected chi connectivity index (χ4v) is 1.17. The summed E-state index contributed by atoms with van der Waals surface area (Å²) < 4.78 is 0. The molecule has 0 aliphatic heterocycles. The summed E-state index contributed by atoms with van der Waals surface area (Å²) in [7, 11) is 0. The molecule has 4 nitrogen and oxygen atoms in total. The Hall–Kier alpha value is -1.23. The highest BCUT2D eigenvalue weighted by Gasteiger charge is 2.09. The molecule has 0 saturated carbocycles. The average molecular weight is 183 g/mol. The van der Waals surface area contributed by atoms with Crippen LogP contribution in [-0.4, -0.2) is 15.2 Å². The van der Waals surface area contributed by atoms with Crippen LogP contribution in [-0.2, 0) is 0 Å². The summed E-state index contributed by atoms with van der Waals surface area (Å²) in [6, 6.07) is 0. The molecule has 0 aliphatic carbocycles. The maximum absolute atomic E-state index is 11.1. The van der Waals surface area contributed by atoms with Gasteiger partial charge in [-0.05, 0) is 19.4 Å². The van der Waals surface area contributed by atoms with Gasteiger partial charge in [-0.2, -0.15) is 5.10 Å². The number of nitrogens with one attached hydrogen (secondary N) is 1. The third kappa shape index (κ3) is 1.35. The normalized spacial score (nSPS) is 9.83. The molecule has 1 rings (SSSR count). The van der Waals surface area contributed by atoms with Gasteiger partial charge in [0, 0.05) is 0 Å². The zero-order valence-corrected chi connectivity index (χ0v) is 7.66. The maximum atomic E-state index is 11.1. The zero-order valence-electron chi connectivity index (χ0n) is 6.84. The smallest absolute Gasteiger partial charge is 0.274 e. The number of rotatable bonds is 1.